The standard InChI is InChI=1S/C18H15ClN2O2/c1-22-16-9-5-3-7-14(16)12-17-20-18(23-21-17)11-10-13-6-2-4-8-15(13)19/h2-11H,12H2,1H3. The molecule has 0 amide bonds. The number of hydrogen-bond donors (Lipinski definition) is 0. The van der Waals surface area contributed by atoms with Crippen molar-refractivity contribution in [1.29, 1.82) is 0 Å². The Kier molecular flexibility index (Phi) is 4.74. The van der Waals surface area contributed by atoms with Gasteiger partial charge in [0.1, 0.15) is 5.75 Å². The summed E-state index contributed by atoms with van der Waals surface area (Å²) in [7, 11) is 1.65. The predicted octanol–water partition coefficient (Wildman–Crippen LogP) is 4.49. The Morgan fingerprint density at radius 1 is 1.09 bits per heavy atom. The highest BCUT2D eigenvalue weighted by Crippen LogP contribution is 2.20. The molecule has 1 aromatic heterocycles. The van der Waals surface area contributed by atoms with Crippen LogP contribution < -0.4 is 4.74 Å². The molecule has 3 rings (SSSR count). The van der Waals surface area contributed by atoms with Gasteiger partial charge in [-0.3, -0.25) is 0 Å². The molecule has 23 heavy (non-hydrogen) atoms. The Bertz CT molecular complexity index is 827. The van der Waals surface area contributed by atoms with E-state index in [0.717, 1.165) is 16.9 Å². The summed E-state index contributed by atoms with van der Waals surface area (Å²) in [5, 5.41) is 4.67. The van der Waals surface area contributed by atoms with E-state index < -0.39 is 0 Å². The van der Waals surface area contributed by atoms with Crippen LogP contribution >= 0.6 is 11.6 Å². The first-order valence-corrected chi connectivity index (χ1v) is 7.51. The van der Waals surface area contributed by atoms with Gasteiger partial charge in [0.15, 0.2) is 5.82 Å². The average molecular weight is 327 g/mol. The Balaban J connectivity index is 1.75. The summed E-state index contributed by atoms with van der Waals surface area (Å²) in [6, 6.07) is 15.3. The number of rotatable bonds is 5. The highest BCUT2D eigenvalue weighted by atomic mass is 35.5. The smallest absolute Gasteiger partial charge is 0.250 e. The molecule has 0 saturated carbocycles. The van der Waals surface area contributed by atoms with Crippen LogP contribution in [0, 0.1) is 0 Å². The molecule has 4 nitrogen and oxygen atoms in total. The zero-order valence-electron chi connectivity index (χ0n) is 12.6. The van der Waals surface area contributed by atoms with Crippen LogP contribution in [0.3, 0.4) is 0 Å². The molecule has 5 heteroatoms. The maximum Gasteiger partial charge on any atom is 0.250 e. The fraction of sp³-hybridized carbons (Fsp3) is 0.111. The molecule has 0 spiro atoms. The molecule has 0 unspecified atom stereocenters. The van der Waals surface area contributed by atoms with Crippen molar-refractivity contribution < 1.29 is 9.26 Å². The van der Waals surface area contributed by atoms with Gasteiger partial charge in [0.2, 0.25) is 0 Å². The van der Waals surface area contributed by atoms with Gasteiger partial charge in [-0.1, -0.05) is 53.2 Å². The van der Waals surface area contributed by atoms with E-state index in [1.807, 2.05) is 54.6 Å². The molecule has 0 bridgehead atoms. The lowest BCUT2D eigenvalue weighted by Crippen LogP contribution is -1.95. The minimum Gasteiger partial charge on any atom is -0.496 e. The number of methoxy groups -OCH3 is 1. The largest absolute Gasteiger partial charge is 0.496 e. The van der Waals surface area contributed by atoms with E-state index in [4.69, 9.17) is 20.9 Å². The zero-order valence-corrected chi connectivity index (χ0v) is 13.3. The van der Waals surface area contributed by atoms with Gasteiger partial charge in [-0.25, -0.2) is 0 Å². The van der Waals surface area contributed by atoms with Crippen LogP contribution in [0.25, 0.3) is 12.2 Å². The molecular formula is C18H15ClN2O2. The molecular weight excluding hydrogens is 312 g/mol. The van der Waals surface area contributed by atoms with Crippen molar-refractivity contribution in [2.75, 3.05) is 7.11 Å². The molecule has 0 aliphatic heterocycles. The van der Waals surface area contributed by atoms with Crippen molar-refractivity contribution in [3.8, 4) is 5.75 Å². The van der Waals surface area contributed by atoms with Gasteiger partial charge in [0.25, 0.3) is 5.89 Å². The third-order valence-electron chi connectivity index (χ3n) is 3.34. The summed E-state index contributed by atoms with van der Waals surface area (Å²) in [4.78, 5) is 4.36. The van der Waals surface area contributed by atoms with Crippen molar-refractivity contribution >= 4 is 23.8 Å². The van der Waals surface area contributed by atoms with Crippen molar-refractivity contribution in [2.24, 2.45) is 0 Å². The van der Waals surface area contributed by atoms with Gasteiger partial charge in [0, 0.05) is 23.1 Å². The third-order valence-corrected chi connectivity index (χ3v) is 3.68. The van der Waals surface area contributed by atoms with E-state index in [0.29, 0.717) is 23.2 Å². The number of aromatic nitrogens is 2. The monoisotopic (exact) mass is 326 g/mol. The topological polar surface area (TPSA) is 48.2 Å². The molecule has 3 aromatic rings. The third kappa shape index (κ3) is 3.79. The molecule has 0 radical (unpaired) electrons. The summed E-state index contributed by atoms with van der Waals surface area (Å²) in [6.45, 7) is 0. The van der Waals surface area contributed by atoms with Gasteiger partial charge in [-0.15, -0.1) is 0 Å². The number of nitrogens with zero attached hydrogens (tertiary/aromatic N) is 2. The number of halogens is 1. The first-order valence-electron chi connectivity index (χ1n) is 7.13. The van der Waals surface area contributed by atoms with Crippen LogP contribution in [-0.4, -0.2) is 17.3 Å². The first-order chi connectivity index (χ1) is 11.3. The lowest BCUT2D eigenvalue weighted by molar-refractivity contribution is 0.401. The lowest BCUT2D eigenvalue weighted by atomic mass is 10.1. The van der Waals surface area contributed by atoms with Crippen molar-refractivity contribution in [2.45, 2.75) is 6.42 Å². The van der Waals surface area contributed by atoms with E-state index in [1.54, 1.807) is 13.2 Å². The molecule has 0 aliphatic rings. The van der Waals surface area contributed by atoms with Crippen LogP contribution in [0.1, 0.15) is 22.8 Å². The Hall–Kier alpha value is -2.59. The number of benzene rings is 2. The number of para-hydroxylation sites is 1. The van der Waals surface area contributed by atoms with E-state index >= 15 is 0 Å². The Morgan fingerprint density at radius 2 is 1.87 bits per heavy atom. The van der Waals surface area contributed by atoms with Crippen LogP contribution in [0.15, 0.2) is 53.1 Å². The maximum absolute atomic E-state index is 6.10. The van der Waals surface area contributed by atoms with Gasteiger partial charge in [0.05, 0.1) is 7.11 Å². The minimum absolute atomic E-state index is 0.440. The Morgan fingerprint density at radius 3 is 2.70 bits per heavy atom. The normalized spacial score (nSPS) is 11.0. The SMILES string of the molecule is COc1ccccc1Cc1noc(C=Cc2ccccc2Cl)n1. The molecule has 116 valence electrons. The fourth-order valence-corrected chi connectivity index (χ4v) is 2.40. The van der Waals surface area contributed by atoms with Crippen molar-refractivity contribution in [3.63, 3.8) is 0 Å². The first kappa shape index (κ1) is 15.3. The lowest BCUT2D eigenvalue weighted by Gasteiger charge is -2.04. The predicted molar refractivity (Wildman–Crippen MR) is 90.5 cm³/mol. The van der Waals surface area contributed by atoms with Gasteiger partial charge < -0.3 is 9.26 Å². The van der Waals surface area contributed by atoms with Gasteiger partial charge in [-0.05, 0) is 23.8 Å². The highest BCUT2D eigenvalue weighted by molar-refractivity contribution is 6.32. The fourth-order valence-electron chi connectivity index (χ4n) is 2.20. The second kappa shape index (κ2) is 7.11. The summed E-state index contributed by atoms with van der Waals surface area (Å²) in [6.07, 6.45) is 4.15. The summed E-state index contributed by atoms with van der Waals surface area (Å²) in [5.41, 5.74) is 1.91. The number of ether oxygens (including phenoxy) is 1. The van der Waals surface area contributed by atoms with Crippen molar-refractivity contribution in [3.05, 3.63) is 76.4 Å². The van der Waals surface area contributed by atoms with Gasteiger partial charge in [-0.2, -0.15) is 4.98 Å². The minimum atomic E-state index is 0.440. The summed E-state index contributed by atoms with van der Waals surface area (Å²) >= 11 is 6.10. The molecule has 0 fully saturated rings. The van der Waals surface area contributed by atoms with Crippen LogP contribution in [0.4, 0.5) is 0 Å². The summed E-state index contributed by atoms with van der Waals surface area (Å²) < 4.78 is 10.6. The molecule has 0 atom stereocenters. The maximum atomic E-state index is 6.10. The van der Waals surface area contributed by atoms with Crippen LogP contribution in [-0.2, 0) is 6.42 Å². The van der Waals surface area contributed by atoms with Crippen molar-refractivity contribution in [1.82, 2.24) is 10.1 Å². The van der Waals surface area contributed by atoms with Crippen LogP contribution in [0.2, 0.25) is 5.02 Å². The van der Waals surface area contributed by atoms with Crippen LogP contribution in [0.5, 0.6) is 5.75 Å². The molecule has 1 heterocycles. The van der Waals surface area contributed by atoms with E-state index in [-0.39, 0.29) is 0 Å². The molecule has 0 aliphatic carbocycles. The average Bonchev–Trinajstić information content (AvgIpc) is 3.02. The molecule has 0 N–H and O–H groups in total. The van der Waals surface area contributed by atoms with E-state index in [1.165, 1.54) is 0 Å². The van der Waals surface area contributed by atoms with Gasteiger partial charge >= 0.3 is 0 Å². The second-order valence-corrected chi connectivity index (χ2v) is 5.30. The highest BCUT2D eigenvalue weighted by Gasteiger charge is 2.08. The second-order valence-electron chi connectivity index (χ2n) is 4.89. The quantitative estimate of drug-likeness (QED) is 0.693. The molecule has 0 saturated heterocycles. The summed E-state index contributed by atoms with van der Waals surface area (Å²) in [5.74, 6) is 1.86. The van der Waals surface area contributed by atoms with E-state index in [2.05, 4.69) is 10.1 Å². The zero-order chi connectivity index (χ0) is 16.1. The Labute approximate surface area is 139 Å². The molecule has 2 aromatic carbocycles. The van der Waals surface area contributed by atoms with E-state index in [9.17, 15) is 0 Å². The number of hydrogen-bond acceptors (Lipinski definition) is 4.